The van der Waals surface area contributed by atoms with Gasteiger partial charge in [0.25, 0.3) is 5.91 Å². The van der Waals surface area contributed by atoms with Crippen LogP contribution in [0.1, 0.15) is 24.2 Å². The topological polar surface area (TPSA) is 70.2 Å². The minimum Gasteiger partial charge on any atom is -0.374 e. The summed E-state index contributed by atoms with van der Waals surface area (Å²) in [5, 5.41) is 8.53. The van der Waals surface area contributed by atoms with E-state index in [0.29, 0.717) is 28.7 Å². The summed E-state index contributed by atoms with van der Waals surface area (Å²) in [4.78, 5) is 24.4. The lowest BCUT2D eigenvalue weighted by Crippen LogP contribution is -2.29. The third-order valence-electron chi connectivity index (χ3n) is 3.48. The normalized spacial score (nSPS) is 10.5. The van der Waals surface area contributed by atoms with Crippen molar-refractivity contribution in [2.45, 2.75) is 13.8 Å². The van der Waals surface area contributed by atoms with E-state index < -0.39 is 11.7 Å². The Hall–Kier alpha value is -2.60. The van der Waals surface area contributed by atoms with Gasteiger partial charge in [0.1, 0.15) is 5.82 Å². The summed E-state index contributed by atoms with van der Waals surface area (Å²) in [6.07, 6.45) is 0. The molecule has 26 heavy (non-hydrogen) atoms. The average Bonchev–Trinajstić information content (AvgIpc) is 2.61. The third kappa shape index (κ3) is 5.74. The van der Waals surface area contributed by atoms with Gasteiger partial charge in [0.05, 0.1) is 23.5 Å². The number of nitrogens with one attached hydrogen (secondary N) is 3. The molecule has 0 saturated heterocycles. The van der Waals surface area contributed by atoms with Crippen LogP contribution < -0.4 is 16.0 Å². The predicted octanol–water partition coefficient (Wildman–Crippen LogP) is 3.92. The lowest BCUT2D eigenvalue weighted by Gasteiger charge is -2.13. The van der Waals surface area contributed by atoms with E-state index in [1.807, 2.05) is 13.8 Å². The number of hydrogen-bond donors (Lipinski definition) is 3. The highest BCUT2D eigenvalue weighted by Crippen LogP contribution is 2.19. The number of rotatable bonds is 7. The fourth-order valence-electron chi connectivity index (χ4n) is 2.19. The molecular weight excluding hydrogens is 357 g/mol. The van der Waals surface area contributed by atoms with Crippen molar-refractivity contribution in [2.24, 2.45) is 5.92 Å². The van der Waals surface area contributed by atoms with Gasteiger partial charge in [-0.25, -0.2) is 4.39 Å². The van der Waals surface area contributed by atoms with E-state index in [-0.39, 0.29) is 18.1 Å². The van der Waals surface area contributed by atoms with Gasteiger partial charge in [-0.15, -0.1) is 0 Å². The Bertz CT molecular complexity index is 796. The first-order valence-corrected chi connectivity index (χ1v) is 8.60. The molecule has 7 heteroatoms. The maximum atomic E-state index is 13.7. The minimum atomic E-state index is -0.504. The van der Waals surface area contributed by atoms with Gasteiger partial charge in [0, 0.05) is 11.6 Å². The number of hydrogen-bond acceptors (Lipinski definition) is 3. The average molecular weight is 378 g/mol. The van der Waals surface area contributed by atoms with Crippen LogP contribution in [0.15, 0.2) is 42.5 Å². The van der Waals surface area contributed by atoms with Crippen LogP contribution in [-0.4, -0.2) is 24.9 Å². The number of anilines is 2. The van der Waals surface area contributed by atoms with E-state index in [1.165, 1.54) is 18.2 Å². The number of carbonyl (C=O) groups excluding carboxylic acids is 2. The van der Waals surface area contributed by atoms with Crippen LogP contribution in [0.4, 0.5) is 15.8 Å². The monoisotopic (exact) mass is 377 g/mol. The molecule has 2 amide bonds. The number of benzene rings is 2. The Balaban J connectivity index is 2.00. The Morgan fingerprint density at radius 2 is 1.85 bits per heavy atom. The lowest BCUT2D eigenvalue weighted by molar-refractivity contribution is -0.114. The zero-order valence-corrected chi connectivity index (χ0v) is 15.4. The Labute approximate surface area is 156 Å². The molecule has 0 aliphatic carbocycles. The van der Waals surface area contributed by atoms with Crippen LogP contribution >= 0.6 is 11.6 Å². The van der Waals surface area contributed by atoms with Gasteiger partial charge in [-0.3, -0.25) is 9.59 Å². The van der Waals surface area contributed by atoms with E-state index >= 15 is 0 Å². The van der Waals surface area contributed by atoms with Crippen LogP contribution in [0.2, 0.25) is 5.02 Å². The van der Waals surface area contributed by atoms with Gasteiger partial charge in [-0.2, -0.15) is 0 Å². The van der Waals surface area contributed by atoms with Crippen LogP contribution in [0.25, 0.3) is 0 Å². The summed E-state index contributed by atoms with van der Waals surface area (Å²) < 4.78 is 13.7. The fraction of sp³-hybridized carbons (Fsp3) is 0.263. The molecule has 2 aromatic rings. The molecule has 0 aromatic heterocycles. The zero-order valence-electron chi connectivity index (χ0n) is 14.6. The SMILES string of the molecule is CC(C)CNC(=O)c1ccccc1NC(=O)CNc1cc(Cl)ccc1F. The van der Waals surface area contributed by atoms with Crippen molar-refractivity contribution in [3.8, 4) is 0 Å². The highest BCUT2D eigenvalue weighted by atomic mass is 35.5. The fourth-order valence-corrected chi connectivity index (χ4v) is 2.36. The summed E-state index contributed by atoms with van der Waals surface area (Å²) in [7, 11) is 0. The second kappa shape index (κ2) is 9.20. The van der Waals surface area contributed by atoms with Crippen molar-refractivity contribution < 1.29 is 14.0 Å². The molecule has 0 fully saturated rings. The van der Waals surface area contributed by atoms with Gasteiger partial charge in [-0.1, -0.05) is 37.6 Å². The van der Waals surface area contributed by atoms with E-state index in [2.05, 4.69) is 16.0 Å². The first-order valence-electron chi connectivity index (χ1n) is 8.23. The molecule has 0 heterocycles. The van der Waals surface area contributed by atoms with Gasteiger partial charge < -0.3 is 16.0 Å². The molecular formula is C19H21ClFN3O2. The predicted molar refractivity (Wildman–Crippen MR) is 102 cm³/mol. The van der Waals surface area contributed by atoms with Crippen molar-refractivity contribution >= 4 is 34.8 Å². The van der Waals surface area contributed by atoms with Gasteiger partial charge in [0.2, 0.25) is 5.91 Å². The molecule has 138 valence electrons. The van der Waals surface area contributed by atoms with Crippen LogP contribution in [0, 0.1) is 11.7 Å². The van der Waals surface area contributed by atoms with E-state index in [0.717, 1.165) is 0 Å². The summed E-state index contributed by atoms with van der Waals surface area (Å²) >= 11 is 5.82. The van der Waals surface area contributed by atoms with Crippen LogP contribution in [-0.2, 0) is 4.79 Å². The maximum absolute atomic E-state index is 13.7. The summed E-state index contributed by atoms with van der Waals surface area (Å²) in [5.41, 5.74) is 0.901. The number of carbonyl (C=O) groups is 2. The summed E-state index contributed by atoms with van der Waals surface area (Å²) in [5.74, 6) is -0.856. The first kappa shape index (κ1) is 19.7. The van der Waals surface area contributed by atoms with Gasteiger partial charge in [-0.05, 0) is 36.2 Å². The summed E-state index contributed by atoms with van der Waals surface area (Å²) in [6.45, 7) is 4.36. The molecule has 0 aliphatic heterocycles. The maximum Gasteiger partial charge on any atom is 0.253 e. The highest BCUT2D eigenvalue weighted by Gasteiger charge is 2.13. The second-order valence-electron chi connectivity index (χ2n) is 6.18. The van der Waals surface area contributed by atoms with Crippen molar-refractivity contribution in [3.63, 3.8) is 0 Å². The van der Waals surface area contributed by atoms with Crippen LogP contribution in [0.3, 0.4) is 0 Å². The smallest absolute Gasteiger partial charge is 0.253 e. The number of para-hydroxylation sites is 1. The van der Waals surface area contributed by atoms with Crippen molar-refractivity contribution in [1.29, 1.82) is 0 Å². The molecule has 2 rings (SSSR count). The summed E-state index contributed by atoms with van der Waals surface area (Å²) in [6, 6.07) is 10.8. The van der Waals surface area contributed by atoms with Crippen molar-refractivity contribution in [3.05, 3.63) is 58.9 Å². The van der Waals surface area contributed by atoms with Gasteiger partial charge in [0.15, 0.2) is 0 Å². The van der Waals surface area contributed by atoms with E-state index in [1.54, 1.807) is 24.3 Å². The van der Waals surface area contributed by atoms with Crippen LogP contribution in [0.5, 0.6) is 0 Å². The molecule has 0 unspecified atom stereocenters. The standard InChI is InChI=1S/C19H21ClFN3O2/c1-12(2)10-23-19(26)14-5-3-4-6-16(14)24-18(25)11-22-17-9-13(20)7-8-15(17)21/h3-9,12,22H,10-11H2,1-2H3,(H,23,26)(H,24,25). The molecule has 0 spiro atoms. The Morgan fingerprint density at radius 3 is 2.58 bits per heavy atom. The first-order chi connectivity index (χ1) is 12.4. The molecule has 2 aromatic carbocycles. The van der Waals surface area contributed by atoms with Gasteiger partial charge >= 0.3 is 0 Å². The number of halogens is 2. The zero-order chi connectivity index (χ0) is 19.1. The largest absolute Gasteiger partial charge is 0.374 e. The third-order valence-corrected chi connectivity index (χ3v) is 3.72. The molecule has 0 atom stereocenters. The van der Waals surface area contributed by atoms with Crippen molar-refractivity contribution in [2.75, 3.05) is 23.7 Å². The number of amides is 2. The molecule has 0 bridgehead atoms. The molecule has 0 aliphatic rings. The van der Waals surface area contributed by atoms with Crippen molar-refractivity contribution in [1.82, 2.24) is 5.32 Å². The quantitative estimate of drug-likeness (QED) is 0.685. The van der Waals surface area contributed by atoms with E-state index in [4.69, 9.17) is 11.6 Å². The van der Waals surface area contributed by atoms with E-state index in [9.17, 15) is 14.0 Å². The second-order valence-corrected chi connectivity index (χ2v) is 6.61. The highest BCUT2D eigenvalue weighted by molar-refractivity contribution is 6.30. The molecule has 0 radical (unpaired) electrons. The Morgan fingerprint density at radius 1 is 1.12 bits per heavy atom. The lowest BCUT2D eigenvalue weighted by atomic mass is 10.1. The molecule has 5 nitrogen and oxygen atoms in total. The minimum absolute atomic E-state index is 0.135. The Kier molecular flexibility index (Phi) is 6.97. The molecule has 0 saturated carbocycles. The molecule has 3 N–H and O–H groups in total.